The van der Waals surface area contributed by atoms with Crippen LogP contribution >= 0.6 is 0 Å². The van der Waals surface area contributed by atoms with Crippen LogP contribution in [0.2, 0.25) is 0 Å². The SMILES string of the molecule is COc1ccc(OC)c(C2CC(=O)C3=C(C2)Nc2ccccc2NC3c2ccc(C)c([N+](=O)[O-])c2)c1. The van der Waals surface area contributed by atoms with Crippen LogP contribution in [0.25, 0.3) is 0 Å². The number of ether oxygens (including phenoxy) is 2. The molecule has 0 fully saturated rings. The number of nitro groups is 1. The Labute approximate surface area is 209 Å². The monoisotopic (exact) mass is 485 g/mol. The van der Waals surface area contributed by atoms with Gasteiger partial charge in [0.15, 0.2) is 5.78 Å². The fraction of sp³-hybridized carbons (Fsp3) is 0.250. The van der Waals surface area contributed by atoms with Crippen molar-refractivity contribution >= 4 is 22.8 Å². The number of carbonyl (C=O) groups is 1. The van der Waals surface area contributed by atoms with Gasteiger partial charge in [0.2, 0.25) is 0 Å². The summed E-state index contributed by atoms with van der Waals surface area (Å²) in [6.45, 7) is 1.71. The van der Waals surface area contributed by atoms with Gasteiger partial charge < -0.3 is 20.1 Å². The summed E-state index contributed by atoms with van der Waals surface area (Å²) in [5.74, 6) is 1.26. The molecule has 8 nitrogen and oxygen atoms in total. The highest BCUT2D eigenvalue weighted by Crippen LogP contribution is 2.46. The van der Waals surface area contributed by atoms with Gasteiger partial charge in [0, 0.05) is 40.8 Å². The number of fused-ring (bicyclic) bond motifs is 1. The first-order valence-electron chi connectivity index (χ1n) is 11.7. The molecule has 8 heteroatoms. The minimum atomic E-state index is -0.531. The molecule has 184 valence electrons. The molecule has 0 amide bonds. The van der Waals surface area contributed by atoms with Crippen LogP contribution in [-0.2, 0) is 4.79 Å². The Hall–Kier alpha value is -4.33. The maximum atomic E-state index is 13.8. The quantitative estimate of drug-likeness (QED) is 0.343. The molecule has 1 aliphatic carbocycles. The summed E-state index contributed by atoms with van der Waals surface area (Å²) in [5, 5.41) is 18.6. The van der Waals surface area contributed by atoms with Gasteiger partial charge in [-0.05, 0) is 49.2 Å². The number of allylic oxidation sites excluding steroid dienone is 1. The molecule has 0 saturated carbocycles. The van der Waals surface area contributed by atoms with Gasteiger partial charge in [-0.25, -0.2) is 0 Å². The van der Waals surface area contributed by atoms with Crippen molar-refractivity contribution in [2.75, 3.05) is 24.9 Å². The molecule has 2 N–H and O–H groups in total. The number of nitro benzene ring substituents is 1. The highest BCUT2D eigenvalue weighted by molar-refractivity contribution is 6.01. The number of hydrogen-bond acceptors (Lipinski definition) is 7. The van der Waals surface area contributed by atoms with Crippen LogP contribution in [0.15, 0.2) is 71.9 Å². The third-order valence-electron chi connectivity index (χ3n) is 6.95. The number of methoxy groups -OCH3 is 2. The Balaban J connectivity index is 1.63. The van der Waals surface area contributed by atoms with Crippen molar-refractivity contribution in [3.05, 3.63) is 98.7 Å². The van der Waals surface area contributed by atoms with E-state index in [0.29, 0.717) is 34.6 Å². The maximum absolute atomic E-state index is 13.8. The zero-order valence-corrected chi connectivity index (χ0v) is 20.3. The molecule has 0 saturated heterocycles. The van der Waals surface area contributed by atoms with Gasteiger partial charge in [-0.3, -0.25) is 14.9 Å². The number of nitrogens with one attached hydrogen (secondary N) is 2. The van der Waals surface area contributed by atoms with Crippen LogP contribution in [0.1, 0.15) is 41.5 Å². The van der Waals surface area contributed by atoms with Gasteiger partial charge in [0.1, 0.15) is 11.5 Å². The summed E-state index contributed by atoms with van der Waals surface area (Å²) < 4.78 is 11.0. The molecule has 3 aromatic rings. The molecule has 5 rings (SSSR count). The van der Waals surface area contributed by atoms with Crippen molar-refractivity contribution in [3.63, 3.8) is 0 Å². The molecular weight excluding hydrogens is 458 g/mol. The van der Waals surface area contributed by atoms with Crippen molar-refractivity contribution in [1.29, 1.82) is 0 Å². The summed E-state index contributed by atoms with van der Waals surface area (Å²) in [4.78, 5) is 25.1. The highest BCUT2D eigenvalue weighted by atomic mass is 16.6. The van der Waals surface area contributed by atoms with Crippen LogP contribution in [0, 0.1) is 17.0 Å². The molecule has 2 unspecified atom stereocenters. The van der Waals surface area contributed by atoms with Crippen molar-refractivity contribution in [3.8, 4) is 11.5 Å². The summed E-state index contributed by atoms with van der Waals surface area (Å²) in [7, 11) is 3.23. The molecule has 36 heavy (non-hydrogen) atoms. The third-order valence-corrected chi connectivity index (χ3v) is 6.95. The van der Waals surface area contributed by atoms with E-state index >= 15 is 0 Å². The Morgan fingerprint density at radius 3 is 2.47 bits per heavy atom. The number of carbonyl (C=O) groups excluding carboxylic acids is 1. The summed E-state index contributed by atoms with van der Waals surface area (Å²) in [5.41, 5.74) is 5.25. The van der Waals surface area contributed by atoms with E-state index in [-0.39, 0.29) is 28.7 Å². The predicted molar refractivity (Wildman–Crippen MR) is 138 cm³/mol. The lowest BCUT2D eigenvalue weighted by atomic mass is 9.78. The molecule has 0 bridgehead atoms. The molecule has 3 aromatic carbocycles. The number of hydrogen-bond donors (Lipinski definition) is 2. The smallest absolute Gasteiger partial charge is 0.272 e. The number of rotatable bonds is 5. The van der Waals surface area contributed by atoms with E-state index in [1.165, 1.54) is 0 Å². The Morgan fingerprint density at radius 2 is 1.75 bits per heavy atom. The first kappa shape index (κ1) is 23.4. The second-order valence-electron chi connectivity index (χ2n) is 9.08. The number of para-hydroxylation sites is 2. The van der Waals surface area contributed by atoms with Gasteiger partial charge in [-0.1, -0.05) is 24.3 Å². The zero-order valence-electron chi connectivity index (χ0n) is 20.3. The second-order valence-corrected chi connectivity index (χ2v) is 9.08. The lowest BCUT2D eigenvalue weighted by molar-refractivity contribution is -0.385. The average Bonchev–Trinajstić information content (AvgIpc) is 3.05. The summed E-state index contributed by atoms with van der Waals surface area (Å²) >= 11 is 0. The second kappa shape index (κ2) is 9.37. The topological polar surface area (TPSA) is 103 Å². The van der Waals surface area contributed by atoms with E-state index in [0.717, 1.165) is 22.6 Å². The third kappa shape index (κ3) is 4.15. The van der Waals surface area contributed by atoms with Crippen molar-refractivity contribution in [1.82, 2.24) is 0 Å². The standard InChI is InChI=1S/C28H27N3O5/c1-16-8-9-17(13-24(16)31(33)34)28-27-23(29-21-6-4-5-7-22(21)30-28)12-18(14-25(27)32)20-15-19(35-2)10-11-26(20)36-3/h4-11,13,15,18,28-30H,12,14H2,1-3H3. The van der Waals surface area contributed by atoms with E-state index < -0.39 is 6.04 Å². The number of nitrogens with zero attached hydrogens (tertiary/aromatic N) is 1. The molecule has 2 atom stereocenters. The molecule has 1 aliphatic heterocycles. The number of Topliss-reactive ketones (excluding diaryl/α,β-unsaturated/α-hetero) is 1. The largest absolute Gasteiger partial charge is 0.497 e. The molecule has 2 aliphatic rings. The number of aryl methyl sites for hydroxylation is 1. The molecule has 0 spiro atoms. The van der Waals surface area contributed by atoms with Gasteiger partial charge >= 0.3 is 0 Å². The van der Waals surface area contributed by atoms with Gasteiger partial charge in [0.25, 0.3) is 5.69 Å². The fourth-order valence-electron chi connectivity index (χ4n) is 5.12. The number of benzene rings is 3. The van der Waals surface area contributed by atoms with Crippen LogP contribution in [0.3, 0.4) is 0 Å². The molecular formula is C28H27N3O5. The van der Waals surface area contributed by atoms with E-state index in [4.69, 9.17) is 9.47 Å². The molecule has 0 radical (unpaired) electrons. The van der Waals surface area contributed by atoms with E-state index in [9.17, 15) is 14.9 Å². The normalized spacial score (nSPS) is 18.8. The van der Waals surface area contributed by atoms with Crippen LogP contribution in [-0.4, -0.2) is 24.9 Å². The first-order valence-corrected chi connectivity index (χ1v) is 11.7. The Kier molecular flexibility index (Phi) is 6.10. The van der Waals surface area contributed by atoms with Crippen molar-refractivity contribution < 1.29 is 19.2 Å². The van der Waals surface area contributed by atoms with E-state index in [2.05, 4.69) is 10.6 Å². The molecule has 0 aromatic heterocycles. The van der Waals surface area contributed by atoms with Gasteiger partial charge in [0.05, 0.1) is 36.6 Å². The minimum absolute atomic E-state index is 0.0212. The minimum Gasteiger partial charge on any atom is -0.497 e. The maximum Gasteiger partial charge on any atom is 0.272 e. The molecule has 1 heterocycles. The highest BCUT2D eigenvalue weighted by Gasteiger charge is 2.37. The summed E-state index contributed by atoms with van der Waals surface area (Å²) in [6.07, 6.45) is 0.859. The van der Waals surface area contributed by atoms with Crippen molar-refractivity contribution in [2.24, 2.45) is 0 Å². The summed E-state index contributed by atoms with van der Waals surface area (Å²) in [6, 6.07) is 18.0. The lowest BCUT2D eigenvalue weighted by Crippen LogP contribution is -2.27. The predicted octanol–water partition coefficient (Wildman–Crippen LogP) is 5.90. The van der Waals surface area contributed by atoms with Crippen LogP contribution < -0.4 is 20.1 Å². The Morgan fingerprint density at radius 1 is 0.972 bits per heavy atom. The van der Waals surface area contributed by atoms with Gasteiger partial charge in [-0.15, -0.1) is 0 Å². The van der Waals surface area contributed by atoms with Crippen LogP contribution in [0.4, 0.5) is 17.1 Å². The van der Waals surface area contributed by atoms with E-state index in [1.54, 1.807) is 33.3 Å². The van der Waals surface area contributed by atoms with Gasteiger partial charge in [-0.2, -0.15) is 0 Å². The van der Waals surface area contributed by atoms with Crippen LogP contribution in [0.5, 0.6) is 11.5 Å². The lowest BCUT2D eigenvalue weighted by Gasteiger charge is -2.30. The Bertz CT molecular complexity index is 1400. The number of ketones is 1. The zero-order chi connectivity index (χ0) is 25.4. The number of anilines is 2. The fourth-order valence-corrected chi connectivity index (χ4v) is 5.12. The first-order chi connectivity index (χ1) is 17.4. The average molecular weight is 486 g/mol. The van der Waals surface area contributed by atoms with Crippen molar-refractivity contribution in [2.45, 2.75) is 31.7 Å². The van der Waals surface area contributed by atoms with E-state index in [1.807, 2.05) is 48.5 Å².